The van der Waals surface area contributed by atoms with Crippen LogP contribution in [0.3, 0.4) is 0 Å². The van der Waals surface area contributed by atoms with Crippen LogP contribution in [0.25, 0.3) is 0 Å². The van der Waals surface area contributed by atoms with E-state index < -0.39 is 5.79 Å². The van der Waals surface area contributed by atoms with E-state index in [9.17, 15) is 0 Å². The number of nitrogens with two attached hydrogens (primary N) is 4. The summed E-state index contributed by atoms with van der Waals surface area (Å²) in [6.45, 7) is 2.08. The van der Waals surface area contributed by atoms with Crippen molar-refractivity contribution in [2.24, 2.45) is 22.9 Å². The maximum absolute atomic E-state index is 5.56. The fraction of sp³-hybridized carbons (Fsp3) is 1.00. The zero-order valence-corrected chi connectivity index (χ0v) is 6.51. The quantitative estimate of drug-likeness (QED) is 0.383. The molecule has 0 fully saturated rings. The number of hydrogen-bond donors (Lipinski definition) is 4. The highest BCUT2D eigenvalue weighted by molar-refractivity contribution is 4.81. The van der Waals surface area contributed by atoms with Crippen molar-refractivity contribution in [3.63, 3.8) is 0 Å². The second-order valence-corrected chi connectivity index (χ2v) is 2.75. The molecule has 0 amide bonds. The lowest BCUT2D eigenvalue weighted by Crippen LogP contribution is -2.68. The minimum atomic E-state index is -1.21. The molecule has 0 radical (unpaired) electrons. The van der Waals surface area contributed by atoms with Gasteiger partial charge in [-0.15, -0.1) is 0 Å². The molecule has 0 rings (SSSR count). The average molecular weight is 146 g/mol. The molecule has 0 saturated heterocycles. The van der Waals surface area contributed by atoms with E-state index in [1.165, 1.54) is 0 Å². The summed E-state index contributed by atoms with van der Waals surface area (Å²) in [5.41, 5.74) is 21.6. The topological polar surface area (TPSA) is 104 Å². The summed E-state index contributed by atoms with van der Waals surface area (Å²) in [6.07, 6.45) is 2.90. The van der Waals surface area contributed by atoms with Gasteiger partial charge in [0.05, 0.1) is 0 Å². The summed E-state index contributed by atoms with van der Waals surface area (Å²) in [5, 5.41) is 0. The van der Waals surface area contributed by atoms with E-state index in [2.05, 4.69) is 6.92 Å². The third kappa shape index (κ3) is 3.79. The molecule has 62 valence electrons. The first-order valence-electron chi connectivity index (χ1n) is 3.60. The van der Waals surface area contributed by atoms with Crippen molar-refractivity contribution in [2.45, 2.75) is 38.0 Å². The Balaban J connectivity index is 3.52. The van der Waals surface area contributed by atoms with Gasteiger partial charge in [0, 0.05) is 6.04 Å². The van der Waals surface area contributed by atoms with Crippen LogP contribution < -0.4 is 22.9 Å². The molecule has 0 aromatic carbocycles. The molecule has 4 heteroatoms. The second-order valence-electron chi connectivity index (χ2n) is 2.75. The Morgan fingerprint density at radius 3 is 2.10 bits per heavy atom. The van der Waals surface area contributed by atoms with E-state index in [1.807, 2.05) is 0 Å². The van der Waals surface area contributed by atoms with Crippen LogP contribution in [0.5, 0.6) is 0 Å². The number of unbranched alkanes of at least 4 members (excludes halogenated alkanes) is 1. The van der Waals surface area contributed by atoms with Crippen molar-refractivity contribution < 1.29 is 0 Å². The van der Waals surface area contributed by atoms with E-state index in [0.29, 0.717) is 0 Å². The minimum absolute atomic E-state index is 0.299. The predicted octanol–water partition coefficient (Wildman–Crippen LogP) is -0.966. The van der Waals surface area contributed by atoms with Crippen LogP contribution >= 0.6 is 0 Å². The van der Waals surface area contributed by atoms with E-state index in [4.69, 9.17) is 22.9 Å². The van der Waals surface area contributed by atoms with Gasteiger partial charge in [0.15, 0.2) is 0 Å². The molecule has 0 aromatic heterocycles. The van der Waals surface area contributed by atoms with Crippen LogP contribution in [0.2, 0.25) is 0 Å². The molecular formula is C6H18N4. The van der Waals surface area contributed by atoms with Gasteiger partial charge in [-0.05, 0) is 6.42 Å². The predicted molar refractivity (Wildman–Crippen MR) is 42.8 cm³/mol. The highest BCUT2D eigenvalue weighted by Gasteiger charge is 2.21. The molecule has 0 aliphatic carbocycles. The molecular weight excluding hydrogens is 128 g/mol. The largest absolute Gasteiger partial charge is 0.324 e. The Kier molecular flexibility index (Phi) is 3.81. The van der Waals surface area contributed by atoms with Gasteiger partial charge in [-0.2, -0.15) is 0 Å². The highest BCUT2D eigenvalue weighted by Crippen LogP contribution is 2.01. The van der Waals surface area contributed by atoms with Crippen LogP contribution in [0, 0.1) is 0 Å². The molecule has 1 unspecified atom stereocenters. The highest BCUT2D eigenvalue weighted by atomic mass is 15.2. The molecule has 0 saturated carbocycles. The maximum Gasteiger partial charge on any atom is 0.131 e. The zero-order chi connectivity index (χ0) is 8.20. The standard InChI is InChI=1S/C6H18N4/c1-2-3-4-5(7)6(8,9)10/h5H,2-4,7-10H2,1H3. The first-order chi connectivity index (χ1) is 4.48. The third-order valence-electron chi connectivity index (χ3n) is 1.51. The van der Waals surface area contributed by atoms with Crippen LogP contribution in [0.4, 0.5) is 0 Å². The normalized spacial score (nSPS) is 15.3. The molecule has 4 nitrogen and oxygen atoms in total. The van der Waals surface area contributed by atoms with Gasteiger partial charge in [-0.1, -0.05) is 19.8 Å². The van der Waals surface area contributed by atoms with E-state index in [-0.39, 0.29) is 6.04 Å². The van der Waals surface area contributed by atoms with Crippen LogP contribution in [0.1, 0.15) is 26.2 Å². The van der Waals surface area contributed by atoms with E-state index in [1.54, 1.807) is 0 Å². The molecule has 1 atom stereocenters. The van der Waals surface area contributed by atoms with Crippen molar-refractivity contribution in [3.8, 4) is 0 Å². The first kappa shape index (κ1) is 9.84. The molecule has 0 aromatic rings. The van der Waals surface area contributed by atoms with Gasteiger partial charge in [0.2, 0.25) is 0 Å². The molecule has 0 heterocycles. The summed E-state index contributed by atoms with van der Waals surface area (Å²) in [7, 11) is 0. The Labute approximate surface area is 61.9 Å². The molecule has 0 aliphatic heterocycles. The van der Waals surface area contributed by atoms with Gasteiger partial charge >= 0.3 is 0 Å². The van der Waals surface area contributed by atoms with Gasteiger partial charge in [0.25, 0.3) is 0 Å². The van der Waals surface area contributed by atoms with Crippen molar-refractivity contribution in [2.75, 3.05) is 0 Å². The lowest BCUT2D eigenvalue weighted by molar-refractivity contribution is 0.344. The van der Waals surface area contributed by atoms with Crippen molar-refractivity contribution >= 4 is 0 Å². The van der Waals surface area contributed by atoms with Crippen molar-refractivity contribution in [1.29, 1.82) is 0 Å². The Bertz CT molecular complexity index is 86.2. The lowest BCUT2D eigenvalue weighted by Gasteiger charge is -2.26. The van der Waals surface area contributed by atoms with Crippen molar-refractivity contribution in [1.82, 2.24) is 0 Å². The zero-order valence-electron chi connectivity index (χ0n) is 6.51. The molecule has 8 N–H and O–H groups in total. The van der Waals surface area contributed by atoms with Crippen LogP contribution in [-0.2, 0) is 0 Å². The monoisotopic (exact) mass is 146 g/mol. The van der Waals surface area contributed by atoms with Crippen molar-refractivity contribution in [3.05, 3.63) is 0 Å². The van der Waals surface area contributed by atoms with Gasteiger partial charge in [0.1, 0.15) is 5.79 Å². The summed E-state index contributed by atoms with van der Waals surface area (Å²) in [4.78, 5) is 0. The molecule has 0 bridgehead atoms. The summed E-state index contributed by atoms with van der Waals surface area (Å²) >= 11 is 0. The summed E-state index contributed by atoms with van der Waals surface area (Å²) in [6, 6.07) is -0.299. The van der Waals surface area contributed by atoms with Gasteiger partial charge in [-0.25, -0.2) is 0 Å². The van der Waals surface area contributed by atoms with Gasteiger partial charge < -0.3 is 5.73 Å². The van der Waals surface area contributed by atoms with E-state index >= 15 is 0 Å². The number of hydrogen-bond acceptors (Lipinski definition) is 4. The van der Waals surface area contributed by atoms with Crippen LogP contribution in [0.15, 0.2) is 0 Å². The Morgan fingerprint density at radius 2 is 1.80 bits per heavy atom. The summed E-state index contributed by atoms with van der Waals surface area (Å²) < 4.78 is 0. The Morgan fingerprint density at radius 1 is 1.30 bits per heavy atom. The lowest BCUT2D eigenvalue weighted by atomic mass is 10.1. The fourth-order valence-corrected chi connectivity index (χ4v) is 0.674. The minimum Gasteiger partial charge on any atom is -0.324 e. The third-order valence-corrected chi connectivity index (χ3v) is 1.51. The average Bonchev–Trinajstić information content (AvgIpc) is 1.80. The fourth-order valence-electron chi connectivity index (χ4n) is 0.674. The second kappa shape index (κ2) is 3.88. The molecule has 0 spiro atoms. The number of rotatable bonds is 4. The van der Waals surface area contributed by atoms with Gasteiger partial charge in [-0.3, -0.25) is 17.2 Å². The smallest absolute Gasteiger partial charge is 0.131 e. The molecule has 10 heavy (non-hydrogen) atoms. The SMILES string of the molecule is CCCCC(N)C(N)(N)N. The molecule has 0 aliphatic rings. The maximum atomic E-state index is 5.56. The van der Waals surface area contributed by atoms with Crippen LogP contribution in [-0.4, -0.2) is 11.8 Å². The van der Waals surface area contributed by atoms with E-state index in [0.717, 1.165) is 19.3 Å². The first-order valence-corrected chi connectivity index (χ1v) is 3.60. The summed E-state index contributed by atoms with van der Waals surface area (Å²) in [5.74, 6) is -1.21. The Hall–Kier alpha value is -0.160.